The smallest absolute Gasteiger partial charge is 0.326 e. The van der Waals surface area contributed by atoms with Gasteiger partial charge in [0, 0.05) is 0 Å². The van der Waals surface area contributed by atoms with Crippen LogP contribution in [0.2, 0.25) is 0 Å². The number of amides is 3. The first kappa shape index (κ1) is 26.1. The van der Waals surface area contributed by atoms with Crippen LogP contribution in [0.25, 0.3) is 0 Å². The molecule has 1 saturated heterocycles. The quantitative estimate of drug-likeness (QED) is 0.174. The highest BCUT2D eigenvalue weighted by Gasteiger charge is 2.35. The predicted octanol–water partition coefficient (Wildman–Crippen LogP) is -2.21. The molecule has 3 amide bonds. The van der Waals surface area contributed by atoms with E-state index in [9.17, 15) is 34.5 Å². The molecule has 0 radical (unpaired) electrons. The van der Waals surface area contributed by atoms with Crippen molar-refractivity contribution in [2.75, 3.05) is 18.6 Å². The lowest BCUT2D eigenvalue weighted by Crippen LogP contribution is -2.61. The van der Waals surface area contributed by atoms with Gasteiger partial charge in [0.1, 0.15) is 18.1 Å². The van der Waals surface area contributed by atoms with Crippen molar-refractivity contribution in [3.05, 3.63) is 0 Å². The first-order valence-electron chi connectivity index (χ1n) is 9.80. The molecule has 7 N–H and O–H groups in total. The van der Waals surface area contributed by atoms with Crippen LogP contribution in [0, 0.1) is 0 Å². The molecule has 1 heterocycles. The molecule has 30 heavy (non-hydrogen) atoms. The van der Waals surface area contributed by atoms with Crippen molar-refractivity contribution in [2.24, 2.45) is 0 Å². The van der Waals surface area contributed by atoms with Crippen molar-refractivity contribution >= 4 is 35.5 Å². The van der Waals surface area contributed by atoms with Gasteiger partial charge in [0.05, 0.1) is 18.2 Å². The Balaban J connectivity index is 2.82. The minimum atomic E-state index is -1.46. The molecule has 6 atom stereocenters. The number of carbonyl (C=O) groups is 4. The van der Waals surface area contributed by atoms with E-state index in [4.69, 9.17) is 0 Å². The van der Waals surface area contributed by atoms with E-state index in [1.165, 1.54) is 25.6 Å². The van der Waals surface area contributed by atoms with Crippen LogP contribution in [0.5, 0.6) is 0 Å². The summed E-state index contributed by atoms with van der Waals surface area (Å²) in [5, 5.41) is 39.2. The molecule has 0 aliphatic carbocycles. The number of aliphatic hydroxyl groups excluding tert-OH is 2. The fourth-order valence-corrected chi connectivity index (χ4v) is 3.44. The number of thioether (sulfide) groups is 1. The Kier molecular flexibility index (Phi) is 11.1. The molecule has 12 heteroatoms. The van der Waals surface area contributed by atoms with Crippen molar-refractivity contribution in [1.29, 1.82) is 0 Å². The first-order valence-corrected chi connectivity index (χ1v) is 11.2. The van der Waals surface area contributed by atoms with Gasteiger partial charge in [0.2, 0.25) is 17.7 Å². The predicted molar refractivity (Wildman–Crippen MR) is 111 cm³/mol. The van der Waals surface area contributed by atoms with Gasteiger partial charge in [-0.1, -0.05) is 0 Å². The molecule has 6 unspecified atom stereocenters. The topological polar surface area (TPSA) is 177 Å². The molecule has 0 saturated carbocycles. The normalized spacial score (nSPS) is 21.0. The van der Waals surface area contributed by atoms with Crippen LogP contribution in [0.15, 0.2) is 0 Å². The van der Waals surface area contributed by atoms with Crippen molar-refractivity contribution in [3.63, 3.8) is 0 Å². The minimum absolute atomic E-state index is 0.170. The number of aliphatic carboxylic acids is 1. The zero-order valence-corrected chi connectivity index (χ0v) is 18.2. The van der Waals surface area contributed by atoms with Gasteiger partial charge in [0.25, 0.3) is 0 Å². The van der Waals surface area contributed by atoms with E-state index < -0.39 is 60.1 Å². The number of aliphatic hydroxyl groups is 2. The Bertz CT molecular complexity index is 611. The molecule has 0 bridgehead atoms. The SMILES string of the molecule is CSCCC(NC(=O)C(NC(=O)C(NC(=O)C1CCCN1)C(C)O)C(C)O)C(=O)O. The number of carboxylic acid groups (broad SMARTS) is 1. The Morgan fingerprint density at radius 1 is 1.03 bits per heavy atom. The van der Waals surface area contributed by atoms with Gasteiger partial charge in [-0.3, -0.25) is 14.4 Å². The summed E-state index contributed by atoms with van der Waals surface area (Å²) in [6.45, 7) is 3.25. The number of nitrogens with one attached hydrogen (secondary N) is 4. The van der Waals surface area contributed by atoms with Crippen molar-refractivity contribution in [1.82, 2.24) is 21.3 Å². The maximum absolute atomic E-state index is 12.6. The maximum Gasteiger partial charge on any atom is 0.326 e. The fourth-order valence-electron chi connectivity index (χ4n) is 2.97. The molecule has 1 aliphatic heterocycles. The number of carboxylic acids is 1. The van der Waals surface area contributed by atoms with Crippen molar-refractivity contribution < 1.29 is 34.5 Å². The molecule has 172 valence electrons. The molecule has 0 aromatic heterocycles. The van der Waals surface area contributed by atoms with E-state index in [1.54, 1.807) is 6.26 Å². The van der Waals surface area contributed by atoms with Gasteiger partial charge in [0.15, 0.2) is 0 Å². The van der Waals surface area contributed by atoms with Gasteiger partial charge in [-0.05, 0) is 51.7 Å². The maximum atomic E-state index is 12.6. The molecule has 11 nitrogen and oxygen atoms in total. The van der Waals surface area contributed by atoms with Gasteiger partial charge in [-0.15, -0.1) is 0 Å². The highest BCUT2D eigenvalue weighted by Crippen LogP contribution is 2.07. The monoisotopic (exact) mass is 448 g/mol. The lowest BCUT2D eigenvalue weighted by molar-refractivity contribution is -0.143. The fraction of sp³-hybridized carbons (Fsp3) is 0.778. The molecule has 0 spiro atoms. The molecule has 0 aromatic carbocycles. The number of hydrogen-bond donors (Lipinski definition) is 7. The average Bonchev–Trinajstić information content (AvgIpc) is 3.20. The largest absolute Gasteiger partial charge is 0.480 e. The van der Waals surface area contributed by atoms with Crippen LogP contribution in [-0.2, 0) is 19.2 Å². The number of carbonyl (C=O) groups excluding carboxylic acids is 3. The van der Waals surface area contributed by atoms with Gasteiger partial charge < -0.3 is 36.6 Å². The van der Waals surface area contributed by atoms with Crippen LogP contribution in [0.1, 0.15) is 33.1 Å². The van der Waals surface area contributed by atoms with Crippen molar-refractivity contribution in [2.45, 2.75) is 69.5 Å². The second-order valence-corrected chi connectivity index (χ2v) is 8.27. The van der Waals surface area contributed by atoms with Gasteiger partial charge >= 0.3 is 5.97 Å². The lowest BCUT2D eigenvalue weighted by atomic mass is 10.1. The van der Waals surface area contributed by atoms with Crippen LogP contribution in [0.4, 0.5) is 0 Å². The third-order valence-electron chi connectivity index (χ3n) is 4.73. The highest BCUT2D eigenvalue weighted by atomic mass is 32.2. The molecule has 1 aliphatic rings. The lowest BCUT2D eigenvalue weighted by Gasteiger charge is -2.27. The van der Waals surface area contributed by atoms with Crippen LogP contribution in [-0.4, -0.2) is 93.9 Å². The Hall–Kier alpha value is -1.89. The Morgan fingerprint density at radius 2 is 1.60 bits per heavy atom. The Labute approximate surface area is 179 Å². The summed E-state index contributed by atoms with van der Waals surface area (Å²) in [6, 6.07) is -4.46. The highest BCUT2D eigenvalue weighted by molar-refractivity contribution is 7.98. The number of rotatable bonds is 12. The summed E-state index contributed by atoms with van der Waals surface area (Å²) in [4.78, 5) is 48.8. The minimum Gasteiger partial charge on any atom is -0.480 e. The van der Waals surface area contributed by atoms with E-state index in [0.29, 0.717) is 18.7 Å². The summed E-state index contributed by atoms with van der Waals surface area (Å²) in [5.41, 5.74) is 0. The molecular formula is C18H32N4O7S. The Morgan fingerprint density at radius 3 is 2.07 bits per heavy atom. The van der Waals surface area contributed by atoms with E-state index in [0.717, 1.165) is 6.42 Å². The molecular weight excluding hydrogens is 416 g/mol. The summed E-state index contributed by atoms with van der Waals surface area (Å²) in [6.07, 6.45) is 0.780. The third-order valence-corrected chi connectivity index (χ3v) is 5.37. The first-order chi connectivity index (χ1) is 14.1. The zero-order valence-electron chi connectivity index (χ0n) is 17.4. The third kappa shape index (κ3) is 8.09. The van der Waals surface area contributed by atoms with Crippen LogP contribution in [0.3, 0.4) is 0 Å². The summed E-state index contributed by atoms with van der Waals surface area (Å²) < 4.78 is 0. The summed E-state index contributed by atoms with van der Waals surface area (Å²) in [7, 11) is 0. The van der Waals surface area contributed by atoms with E-state index >= 15 is 0 Å². The van der Waals surface area contributed by atoms with E-state index in [1.807, 2.05) is 0 Å². The summed E-state index contributed by atoms with van der Waals surface area (Å²) in [5.74, 6) is -2.93. The second kappa shape index (κ2) is 12.7. The molecule has 1 rings (SSSR count). The van der Waals surface area contributed by atoms with Crippen LogP contribution < -0.4 is 21.3 Å². The zero-order chi connectivity index (χ0) is 22.8. The van der Waals surface area contributed by atoms with Crippen LogP contribution >= 0.6 is 11.8 Å². The van der Waals surface area contributed by atoms with E-state index in [2.05, 4.69) is 21.3 Å². The standard InChI is InChI=1S/C18H32N4O7S/c1-9(23)13(16(26)20-12(18(28)29)6-8-30-3)22-17(27)14(10(2)24)21-15(25)11-5-4-7-19-11/h9-14,19,23-24H,4-8H2,1-3H3,(H,20,26)(H,21,25)(H,22,27)(H,28,29). The average molecular weight is 449 g/mol. The van der Waals surface area contributed by atoms with Gasteiger partial charge in [-0.25, -0.2) is 4.79 Å². The number of hydrogen-bond acceptors (Lipinski definition) is 8. The second-order valence-electron chi connectivity index (χ2n) is 7.28. The van der Waals surface area contributed by atoms with Crippen molar-refractivity contribution in [3.8, 4) is 0 Å². The summed E-state index contributed by atoms with van der Waals surface area (Å²) >= 11 is 1.42. The molecule has 1 fully saturated rings. The van der Waals surface area contributed by atoms with E-state index in [-0.39, 0.29) is 6.42 Å². The molecule has 0 aromatic rings. The van der Waals surface area contributed by atoms with Gasteiger partial charge in [-0.2, -0.15) is 11.8 Å².